The molecular weight excluding hydrogens is 260 g/mol. The van der Waals surface area contributed by atoms with E-state index in [1.54, 1.807) is 7.11 Å². The quantitative estimate of drug-likeness (QED) is 0.653. The zero-order valence-corrected chi connectivity index (χ0v) is 13.2. The molecule has 0 aliphatic carbocycles. The van der Waals surface area contributed by atoms with Gasteiger partial charge in [0.15, 0.2) is 0 Å². The lowest BCUT2D eigenvalue weighted by Crippen LogP contribution is -2.30. The van der Waals surface area contributed by atoms with Gasteiger partial charge in [-0.1, -0.05) is 41.5 Å². The summed E-state index contributed by atoms with van der Waals surface area (Å²) in [6.07, 6.45) is 0.797. The SMILES string of the molecule is COc1ccc(C)cc1CC(NN)c1cc(C)ccc1C. The fourth-order valence-corrected chi connectivity index (χ4v) is 2.68. The molecule has 0 amide bonds. The van der Waals surface area contributed by atoms with Gasteiger partial charge in [-0.2, -0.15) is 0 Å². The fraction of sp³-hybridized carbons (Fsp3) is 0.333. The third-order valence-electron chi connectivity index (χ3n) is 3.87. The summed E-state index contributed by atoms with van der Waals surface area (Å²) in [5.74, 6) is 6.72. The van der Waals surface area contributed by atoms with Gasteiger partial charge in [0.25, 0.3) is 0 Å². The van der Waals surface area contributed by atoms with E-state index in [1.807, 2.05) is 6.07 Å². The Hall–Kier alpha value is -1.84. The molecule has 0 radical (unpaired) electrons. The minimum absolute atomic E-state index is 0.0700. The van der Waals surface area contributed by atoms with Gasteiger partial charge in [-0.15, -0.1) is 0 Å². The van der Waals surface area contributed by atoms with Crippen LogP contribution in [0.4, 0.5) is 0 Å². The lowest BCUT2D eigenvalue weighted by atomic mass is 9.93. The second-order valence-corrected chi connectivity index (χ2v) is 5.60. The van der Waals surface area contributed by atoms with Crippen LogP contribution in [-0.4, -0.2) is 7.11 Å². The van der Waals surface area contributed by atoms with Crippen molar-refractivity contribution in [1.29, 1.82) is 0 Å². The molecule has 0 bridgehead atoms. The van der Waals surface area contributed by atoms with E-state index in [4.69, 9.17) is 10.6 Å². The third kappa shape index (κ3) is 3.63. The van der Waals surface area contributed by atoms with Crippen LogP contribution in [0.2, 0.25) is 0 Å². The smallest absolute Gasteiger partial charge is 0.122 e. The molecule has 2 rings (SSSR count). The van der Waals surface area contributed by atoms with Crippen molar-refractivity contribution in [2.45, 2.75) is 33.2 Å². The Bertz CT molecular complexity index is 623. The molecule has 1 atom stereocenters. The number of hydrogen-bond acceptors (Lipinski definition) is 3. The largest absolute Gasteiger partial charge is 0.496 e. The molecule has 2 aromatic carbocycles. The van der Waals surface area contributed by atoms with Gasteiger partial charge >= 0.3 is 0 Å². The summed E-state index contributed by atoms with van der Waals surface area (Å²) in [6, 6.07) is 12.8. The predicted molar refractivity (Wildman–Crippen MR) is 87.4 cm³/mol. The maximum absolute atomic E-state index is 5.81. The van der Waals surface area contributed by atoms with Crippen molar-refractivity contribution in [3.05, 3.63) is 64.2 Å². The molecule has 21 heavy (non-hydrogen) atoms. The zero-order chi connectivity index (χ0) is 15.4. The minimum atomic E-state index is 0.0700. The Morgan fingerprint density at radius 1 is 1.05 bits per heavy atom. The first-order valence-corrected chi connectivity index (χ1v) is 7.22. The Labute approximate surface area is 127 Å². The van der Waals surface area contributed by atoms with E-state index in [9.17, 15) is 0 Å². The van der Waals surface area contributed by atoms with Crippen LogP contribution in [0.3, 0.4) is 0 Å². The third-order valence-corrected chi connectivity index (χ3v) is 3.87. The van der Waals surface area contributed by atoms with Crippen molar-refractivity contribution < 1.29 is 4.74 Å². The number of nitrogens with two attached hydrogens (primary N) is 1. The van der Waals surface area contributed by atoms with Gasteiger partial charge in [0.05, 0.1) is 13.2 Å². The van der Waals surface area contributed by atoms with Gasteiger partial charge in [-0.05, 0) is 49.9 Å². The summed E-state index contributed by atoms with van der Waals surface area (Å²) in [5, 5.41) is 0. The van der Waals surface area contributed by atoms with Crippen molar-refractivity contribution in [2.24, 2.45) is 5.84 Å². The van der Waals surface area contributed by atoms with Crippen molar-refractivity contribution in [3.8, 4) is 5.75 Å². The summed E-state index contributed by atoms with van der Waals surface area (Å²) in [7, 11) is 1.71. The van der Waals surface area contributed by atoms with E-state index in [0.29, 0.717) is 0 Å². The maximum Gasteiger partial charge on any atom is 0.122 e. The number of nitrogens with one attached hydrogen (secondary N) is 1. The van der Waals surface area contributed by atoms with Crippen LogP contribution in [0.5, 0.6) is 5.75 Å². The van der Waals surface area contributed by atoms with Crippen molar-refractivity contribution in [3.63, 3.8) is 0 Å². The number of benzene rings is 2. The van der Waals surface area contributed by atoms with Crippen LogP contribution in [-0.2, 0) is 6.42 Å². The van der Waals surface area contributed by atoms with Crippen LogP contribution in [0, 0.1) is 20.8 Å². The number of rotatable bonds is 5. The zero-order valence-electron chi connectivity index (χ0n) is 13.2. The first-order chi connectivity index (χ1) is 10.0. The van der Waals surface area contributed by atoms with E-state index in [1.165, 1.54) is 27.8 Å². The van der Waals surface area contributed by atoms with Crippen molar-refractivity contribution in [2.75, 3.05) is 7.11 Å². The highest BCUT2D eigenvalue weighted by Gasteiger charge is 2.15. The first-order valence-electron chi connectivity index (χ1n) is 7.22. The Morgan fingerprint density at radius 3 is 2.38 bits per heavy atom. The molecule has 0 saturated carbocycles. The van der Waals surface area contributed by atoms with E-state index in [2.05, 4.69) is 56.5 Å². The molecule has 0 saturated heterocycles. The summed E-state index contributed by atoms with van der Waals surface area (Å²) in [5.41, 5.74) is 9.07. The number of methoxy groups -OCH3 is 1. The molecule has 3 heteroatoms. The Kier molecular flexibility index (Phi) is 4.99. The molecule has 0 heterocycles. The van der Waals surface area contributed by atoms with Gasteiger partial charge in [0.1, 0.15) is 5.75 Å². The Balaban J connectivity index is 2.35. The van der Waals surface area contributed by atoms with Crippen LogP contribution in [0.1, 0.15) is 33.9 Å². The van der Waals surface area contributed by atoms with E-state index in [-0.39, 0.29) is 6.04 Å². The molecule has 0 aromatic heterocycles. The molecule has 1 unspecified atom stereocenters. The fourth-order valence-electron chi connectivity index (χ4n) is 2.68. The van der Waals surface area contributed by atoms with Crippen LogP contribution >= 0.6 is 0 Å². The maximum atomic E-state index is 5.81. The van der Waals surface area contributed by atoms with E-state index in [0.717, 1.165) is 12.2 Å². The van der Waals surface area contributed by atoms with Gasteiger partial charge in [0.2, 0.25) is 0 Å². The summed E-state index contributed by atoms with van der Waals surface area (Å²) in [4.78, 5) is 0. The molecule has 0 aliphatic rings. The molecule has 3 nitrogen and oxygen atoms in total. The highest BCUT2D eigenvalue weighted by molar-refractivity contribution is 5.40. The lowest BCUT2D eigenvalue weighted by molar-refractivity contribution is 0.405. The van der Waals surface area contributed by atoms with E-state index >= 15 is 0 Å². The van der Waals surface area contributed by atoms with E-state index < -0.39 is 0 Å². The summed E-state index contributed by atoms with van der Waals surface area (Å²) >= 11 is 0. The van der Waals surface area contributed by atoms with Gasteiger partial charge in [0, 0.05) is 0 Å². The van der Waals surface area contributed by atoms with Crippen molar-refractivity contribution >= 4 is 0 Å². The molecule has 2 aromatic rings. The van der Waals surface area contributed by atoms with Crippen LogP contribution in [0.15, 0.2) is 36.4 Å². The Morgan fingerprint density at radius 2 is 1.71 bits per heavy atom. The number of hydrazine groups is 1. The number of aryl methyl sites for hydroxylation is 3. The normalized spacial score (nSPS) is 12.2. The van der Waals surface area contributed by atoms with Crippen molar-refractivity contribution in [1.82, 2.24) is 5.43 Å². The summed E-state index contributed by atoms with van der Waals surface area (Å²) < 4.78 is 5.47. The highest BCUT2D eigenvalue weighted by atomic mass is 16.5. The van der Waals surface area contributed by atoms with Crippen LogP contribution in [0.25, 0.3) is 0 Å². The molecule has 0 aliphatic heterocycles. The molecule has 0 spiro atoms. The topological polar surface area (TPSA) is 47.3 Å². The van der Waals surface area contributed by atoms with Gasteiger partial charge < -0.3 is 4.74 Å². The standard InChI is InChI=1S/C18H24N2O/c1-12-6-8-18(21-4)15(9-12)11-17(20-19)16-10-13(2)5-7-14(16)3/h5-10,17,20H,11,19H2,1-4H3. The second kappa shape index (κ2) is 6.74. The first kappa shape index (κ1) is 15.5. The second-order valence-electron chi connectivity index (χ2n) is 5.60. The predicted octanol–water partition coefficient (Wildman–Crippen LogP) is 3.37. The number of ether oxygens (including phenoxy) is 1. The molecule has 112 valence electrons. The van der Waals surface area contributed by atoms with Gasteiger partial charge in [-0.3, -0.25) is 11.3 Å². The monoisotopic (exact) mass is 284 g/mol. The average molecular weight is 284 g/mol. The molecule has 3 N–H and O–H groups in total. The number of hydrogen-bond donors (Lipinski definition) is 2. The summed E-state index contributed by atoms with van der Waals surface area (Å²) in [6.45, 7) is 6.31. The average Bonchev–Trinajstić information content (AvgIpc) is 2.47. The van der Waals surface area contributed by atoms with Gasteiger partial charge in [-0.25, -0.2) is 0 Å². The molecular formula is C18H24N2O. The minimum Gasteiger partial charge on any atom is -0.496 e. The highest BCUT2D eigenvalue weighted by Crippen LogP contribution is 2.27. The lowest BCUT2D eigenvalue weighted by Gasteiger charge is -2.21. The molecule has 0 fully saturated rings. The van der Waals surface area contributed by atoms with Crippen LogP contribution < -0.4 is 16.0 Å².